The molecule has 0 aliphatic heterocycles. The van der Waals surface area contributed by atoms with E-state index in [1.165, 1.54) is 26.0 Å². The van der Waals surface area contributed by atoms with Gasteiger partial charge >= 0.3 is 6.18 Å². The lowest BCUT2D eigenvalue weighted by Crippen LogP contribution is -2.13. The smallest absolute Gasteiger partial charge is 0.420 e. The van der Waals surface area contributed by atoms with E-state index in [1.807, 2.05) is 0 Å². The fourth-order valence-electron chi connectivity index (χ4n) is 2.52. The van der Waals surface area contributed by atoms with Gasteiger partial charge in [0.1, 0.15) is 5.75 Å². The summed E-state index contributed by atoms with van der Waals surface area (Å²) in [5.74, 6) is 0.440. The molecule has 0 spiro atoms. The standard InChI is InChI=1S/C14H18F3NO/c1-19-13-7-6-11(8-12(13)14(15,16)17)18-9-10-4-2-3-5-10/h6-8,10,18H,2-5,9H2,1H3. The van der Waals surface area contributed by atoms with Crippen LogP contribution in [-0.2, 0) is 6.18 Å². The molecule has 0 bridgehead atoms. The normalized spacial score (nSPS) is 16.6. The zero-order valence-corrected chi connectivity index (χ0v) is 10.9. The number of hydrogen-bond donors (Lipinski definition) is 1. The van der Waals surface area contributed by atoms with Crippen LogP contribution in [0.25, 0.3) is 0 Å². The number of halogens is 3. The van der Waals surface area contributed by atoms with Gasteiger partial charge in [0.15, 0.2) is 0 Å². The van der Waals surface area contributed by atoms with Crippen LogP contribution in [0.2, 0.25) is 0 Å². The lowest BCUT2D eigenvalue weighted by atomic mass is 10.1. The minimum Gasteiger partial charge on any atom is -0.496 e. The van der Waals surface area contributed by atoms with Crippen molar-refractivity contribution in [3.63, 3.8) is 0 Å². The maximum absolute atomic E-state index is 12.8. The molecule has 0 radical (unpaired) electrons. The zero-order valence-electron chi connectivity index (χ0n) is 10.9. The quantitative estimate of drug-likeness (QED) is 0.882. The Labute approximate surface area is 111 Å². The van der Waals surface area contributed by atoms with Crippen LogP contribution in [0, 0.1) is 5.92 Å². The van der Waals surface area contributed by atoms with Gasteiger partial charge in [0.05, 0.1) is 12.7 Å². The number of hydrogen-bond acceptors (Lipinski definition) is 2. The summed E-state index contributed by atoms with van der Waals surface area (Å²) >= 11 is 0. The van der Waals surface area contributed by atoms with Crippen molar-refractivity contribution < 1.29 is 17.9 Å². The Morgan fingerprint density at radius 3 is 2.53 bits per heavy atom. The van der Waals surface area contributed by atoms with Crippen LogP contribution in [0.5, 0.6) is 5.75 Å². The van der Waals surface area contributed by atoms with E-state index in [2.05, 4.69) is 5.32 Å². The van der Waals surface area contributed by atoms with Gasteiger partial charge in [-0.1, -0.05) is 12.8 Å². The fourth-order valence-corrected chi connectivity index (χ4v) is 2.52. The molecule has 1 saturated carbocycles. The summed E-state index contributed by atoms with van der Waals surface area (Å²) < 4.78 is 43.3. The monoisotopic (exact) mass is 273 g/mol. The van der Waals surface area contributed by atoms with Gasteiger partial charge in [0.25, 0.3) is 0 Å². The van der Waals surface area contributed by atoms with Crippen LogP contribution in [0.4, 0.5) is 18.9 Å². The van der Waals surface area contributed by atoms with Crippen molar-refractivity contribution in [1.29, 1.82) is 0 Å². The average Bonchev–Trinajstić information content (AvgIpc) is 2.88. The third-order valence-corrected chi connectivity index (χ3v) is 3.57. The zero-order chi connectivity index (χ0) is 13.9. The number of rotatable bonds is 4. The largest absolute Gasteiger partial charge is 0.496 e. The van der Waals surface area contributed by atoms with E-state index in [1.54, 1.807) is 6.07 Å². The summed E-state index contributed by atoms with van der Waals surface area (Å²) in [6, 6.07) is 4.11. The maximum atomic E-state index is 12.8. The number of ether oxygens (including phenoxy) is 1. The lowest BCUT2D eigenvalue weighted by Gasteiger charge is -2.16. The maximum Gasteiger partial charge on any atom is 0.420 e. The van der Waals surface area contributed by atoms with Gasteiger partial charge in [-0.05, 0) is 37.0 Å². The van der Waals surface area contributed by atoms with Crippen LogP contribution in [0.3, 0.4) is 0 Å². The van der Waals surface area contributed by atoms with E-state index in [-0.39, 0.29) is 5.75 Å². The lowest BCUT2D eigenvalue weighted by molar-refractivity contribution is -0.138. The highest BCUT2D eigenvalue weighted by Gasteiger charge is 2.34. The Hall–Kier alpha value is -1.39. The van der Waals surface area contributed by atoms with Crippen LogP contribution in [-0.4, -0.2) is 13.7 Å². The topological polar surface area (TPSA) is 21.3 Å². The SMILES string of the molecule is COc1ccc(NCC2CCCC2)cc1C(F)(F)F. The molecule has 1 aromatic carbocycles. The Morgan fingerprint density at radius 1 is 1.26 bits per heavy atom. The summed E-state index contributed by atoms with van der Waals surface area (Å²) in [6.45, 7) is 0.740. The second kappa shape index (κ2) is 5.72. The molecule has 19 heavy (non-hydrogen) atoms. The molecule has 1 N–H and O–H groups in total. The van der Waals surface area contributed by atoms with Crippen molar-refractivity contribution in [2.75, 3.05) is 19.0 Å². The molecule has 0 atom stereocenters. The number of methoxy groups -OCH3 is 1. The van der Waals surface area contributed by atoms with Crippen LogP contribution >= 0.6 is 0 Å². The average molecular weight is 273 g/mol. The Bertz CT molecular complexity index is 425. The van der Waals surface area contributed by atoms with Gasteiger partial charge in [-0.2, -0.15) is 13.2 Å². The third kappa shape index (κ3) is 3.55. The van der Waals surface area contributed by atoms with Crippen LogP contribution < -0.4 is 10.1 Å². The van der Waals surface area contributed by atoms with Crippen molar-refractivity contribution in [3.8, 4) is 5.75 Å². The molecule has 106 valence electrons. The van der Waals surface area contributed by atoms with Crippen LogP contribution in [0.15, 0.2) is 18.2 Å². The molecule has 0 unspecified atom stereocenters. The minimum absolute atomic E-state index is 0.140. The molecule has 0 amide bonds. The molecule has 2 nitrogen and oxygen atoms in total. The van der Waals surface area contributed by atoms with Gasteiger partial charge in [-0.15, -0.1) is 0 Å². The number of nitrogens with one attached hydrogen (secondary N) is 1. The molecule has 5 heteroatoms. The first-order valence-corrected chi connectivity index (χ1v) is 6.50. The van der Waals surface area contributed by atoms with Crippen molar-refractivity contribution in [1.82, 2.24) is 0 Å². The molecule has 2 rings (SSSR count). The second-order valence-electron chi connectivity index (χ2n) is 4.94. The number of anilines is 1. The Morgan fingerprint density at radius 2 is 1.95 bits per heavy atom. The molecule has 1 aliphatic rings. The third-order valence-electron chi connectivity index (χ3n) is 3.57. The van der Waals surface area contributed by atoms with E-state index in [4.69, 9.17) is 4.74 Å². The van der Waals surface area contributed by atoms with Gasteiger partial charge in [0.2, 0.25) is 0 Å². The van der Waals surface area contributed by atoms with Gasteiger partial charge in [-0.25, -0.2) is 0 Å². The Balaban J connectivity index is 2.08. The highest BCUT2D eigenvalue weighted by molar-refractivity contribution is 5.52. The first-order valence-electron chi connectivity index (χ1n) is 6.50. The molecule has 1 aromatic rings. The minimum atomic E-state index is -4.39. The number of benzene rings is 1. The van der Waals surface area contributed by atoms with Crippen LogP contribution in [0.1, 0.15) is 31.2 Å². The molecule has 0 heterocycles. The Kier molecular flexibility index (Phi) is 4.22. The highest BCUT2D eigenvalue weighted by Crippen LogP contribution is 2.37. The fraction of sp³-hybridized carbons (Fsp3) is 0.571. The van der Waals surface area contributed by atoms with Crippen molar-refractivity contribution in [2.45, 2.75) is 31.9 Å². The van der Waals surface area contributed by atoms with Crippen molar-refractivity contribution >= 4 is 5.69 Å². The highest BCUT2D eigenvalue weighted by atomic mass is 19.4. The van der Waals surface area contributed by atoms with Crippen molar-refractivity contribution in [2.24, 2.45) is 5.92 Å². The molecule has 0 aromatic heterocycles. The first kappa shape index (κ1) is 14.0. The predicted octanol–water partition coefficient (Wildman–Crippen LogP) is 4.32. The molecule has 1 fully saturated rings. The summed E-state index contributed by atoms with van der Waals surface area (Å²) in [5, 5.41) is 3.09. The van der Waals surface area contributed by atoms with E-state index in [0.29, 0.717) is 11.6 Å². The van der Waals surface area contributed by atoms with Gasteiger partial charge < -0.3 is 10.1 Å². The summed E-state index contributed by atoms with van der Waals surface area (Å²) in [7, 11) is 1.25. The molecule has 1 aliphatic carbocycles. The van der Waals surface area contributed by atoms with E-state index in [9.17, 15) is 13.2 Å². The summed E-state index contributed by atoms with van der Waals surface area (Å²) in [5.41, 5.74) is -0.230. The summed E-state index contributed by atoms with van der Waals surface area (Å²) in [4.78, 5) is 0. The van der Waals surface area contributed by atoms with E-state index < -0.39 is 11.7 Å². The summed E-state index contributed by atoms with van der Waals surface area (Å²) in [6.07, 6.45) is 0.381. The predicted molar refractivity (Wildman–Crippen MR) is 68.4 cm³/mol. The number of alkyl halides is 3. The molecule has 0 saturated heterocycles. The first-order chi connectivity index (χ1) is 9.00. The molecular formula is C14H18F3NO. The van der Waals surface area contributed by atoms with Crippen molar-refractivity contribution in [3.05, 3.63) is 23.8 Å². The molecular weight excluding hydrogens is 255 g/mol. The van der Waals surface area contributed by atoms with E-state index in [0.717, 1.165) is 25.5 Å². The van der Waals surface area contributed by atoms with Gasteiger partial charge in [0, 0.05) is 12.2 Å². The van der Waals surface area contributed by atoms with E-state index >= 15 is 0 Å². The second-order valence-corrected chi connectivity index (χ2v) is 4.94. The van der Waals surface area contributed by atoms with Gasteiger partial charge in [-0.3, -0.25) is 0 Å².